The van der Waals surface area contributed by atoms with Crippen LogP contribution < -0.4 is 10.2 Å². The summed E-state index contributed by atoms with van der Waals surface area (Å²) >= 11 is 3.41. The predicted molar refractivity (Wildman–Crippen MR) is 117 cm³/mol. The van der Waals surface area contributed by atoms with Gasteiger partial charge < -0.3 is 4.74 Å². The van der Waals surface area contributed by atoms with E-state index in [0.29, 0.717) is 17.9 Å². The van der Waals surface area contributed by atoms with E-state index in [-0.39, 0.29) is 5.57 Å². The van der Waals surface area contributed by atoms with Gasteiger partial charge in [0.1, 0.15) is 24.0 Å². The molecule has 0 radical (unpaired) electrons. The van der Waals surface area contributed by atoms with Crippen molar-refractivity contribution < 1.29 is 9.53 Å². The van der Waals surface area contributed by atoms with Gasteiger partial charge in [0, 0.05) is 21.4 Å². The zero-order valence-corrected chi connectivity index (χ0v) is 17.7. The van der Waals surface area contributed by atoms with Crippen molar-refractivity contribution in [3.63, 3.8) is 0 Å². The van der Waals surface area contributed by atoms with E-state index in [0.717, 1.165) is 21.4 Å². The molecule has 0 saturated carbocycles. The van der Waals surface area contributed by atoms with Gasteiger partial charge in [-0.05, 0) is 55.8 Å². The molecular weight excluding hydrogens is 430 g/mol. The van der Waals surface area contributed by atoms with Gasteiger partial charge in [-0.25, -0.2) is 0 Å². The van der Waals surface area contributed by atoms with Gasteiger partial charge in [0.15, 0.2) is 0 Å². The van der Waals surface area contributed by atoms with Gasteiger partial charge in [0.2, 0.25) is 0 Å². The van der Waals surface area contributed by atoms with Crippen molar-refractivity contribution >= 4 is 27.9 Å². The minimum atomic E-state index is -0.474. The molecule has 0 aliphatic rings. The van der Waals surface area contributed by atoms with Gasteiger partial charge in [-0.3, -0.25) is 14.9 Å². The summed E-state index contributed by atoms with van der Waals surface area (Å²) in [4.78, 5) is 12.6. The van der Waals surface area contributed by atoms with Gasteiger partial charge >= 0.3 is 0 Å². The molecule has 0 bridgehead atoms. The largest absolute Gasteiger partial charge is 0.488 e. The number of amides is 1. The molecule has 146 valence electrons. The number of nitrogens with one attached hydrogen (secondary N) is 1. The van der Waals surface area contributed by atoms with Crippen LogP contribution in [0.25, 0.3) is 6.08 Å². The first-order valence-electron chi connectivity index (χ1n) is 9.02. The molecular formula is C23H20BrN3O2. The number of hydrogen-bond donors (Lipinski definition) is 1. The Labute approximate surface area is 178 Å². The van der Waals surface area contributed by atoms with Crippen LogP contribution in [0.4, 0.5) is 0 Å². The molecule has 0 aliphatic carbocycles. The summed E-state index contributed by atoms with van der Waals surface area (Å²) in [5.41, 5.74) is 6.19. The standard InChI is InChI=1S/C23H20BrN3O2/c1-16-7-8-17(2)27(16)26-23(28)20(14-25)13-19-5-3-4-6-22(19)29-15-18-9-11-21(24)12-10-18/h3-13H,15H2,1-2H3,(H,26,28)/b20-13-. The summed E-state index contributed by atoms with van der Waals surface area (Å²) in [6, 6.07) is 21.0. The summed E-state index contributed by atoms with van der Waals surface area (Å²) in [5, 5.41) is 9.52. The number of rotatable bonds is 6. The van der Waals surface area contributed by atoms with E-state index in [1.54, 1.807) is 10.8 Å². The van der Waals surface area contributed by atoms with Crippen LogP contribution in [0.1, 0.15) is 22.5 Å². The molecule has 0 spiro atoms. The summed E-state index contributed by atoms with van der Waals surface area (Å²) in [7, 11) is 0. The van der Waals surface area contributed by atoms with E-state index < -0.39 is 5.91 Å². The second-order valence-electron chi connectivity index (χ2n) is 6.52. The van der Waals surface area contributed by atoms with Crippen molar-refractivity contribution in [3.8, 4) is 11.8 Å². The number of para-hydroxylation sites is 1. The Morgan fingerprint density at radius 2 is 1.76 bits per heavy atom. The Kier molecular flexibility index (Phi) is 6.53. The SMILES string of the molecule is Cc1ccc(C)n1NC(=O)/C(C#N)=C\c1ccccc1OCc1ccc(Br)cc1. The first-order chi connectivity index (χ1) is 14.0. The molecule has 0 aliphatic heterocycles. The maximum absolute atomic E-state index is 12.6. The lowest BCUT2D eigenvalue weighted by molar-refractivity contribution is -0.113. The van der Waals surface area contributed by atoms with E-state index in [2.05, 4.69) is 21.4 Å². The second kappa shape index (κ2) is 9.26. The van der Waals surface area contributed by atoms with Crippen LogP contribution in [0, 0.1) is 25.2 Å². The third kappa shape index (κ3) is 5.15. The maximum atomic E-state index is 12.6. The average molecular weight is 450 g/mol. The first kappa shape index (κ1) is 20.4. The zero-order valence-electron chi connectivity index (χ0n) is 16.1. The van der Waals surface area contributed by atoms with Crippen LogP contribution in [0.5, 0.6) is 5.75 Å². The molecule has 0 fully saturated rings. The number of aryl methyl sites for hydroxylation is 2. The predicted octanol–water partition coefficient (Wildman–Crippen LogP) is 5.12. The highest BCUT2D eigenvalue weighted by Crippen LogP contribution is 2.23. The fourth-order valence-corrected chi connectivity index (χ4v) is 3.05. The van der Waals surface area contributed by atoms with Crippen molar-refractivity contribution in [2.75, 3.05) is 5.43 Å². The third-order valence-electron chi connectivity index (χ3n) is 4.38. The van der Waals surface area contributed by atoms with Crippen molar-refractivity contribution in [1.82, 2.24) is 4.68 Å². The molecule has 5 nitrogen and oxygen atoms in total. The lowest BCUT2D eigenvalue weighted by Crippen LogP contribution is -2.25. The average Bonchev–Trinajstić information content (AvgIpc) is 3.04. The number of nitrogens with zero attached hydrogens (tertiary/aromatic N) is 2. The van der Waals surface area contributed by atoms with E-state index in [1.165, 1.54) is 0 Å². The molecule has 0 unspecified atom stereocenters. The Hall–Kier alpha value is -3.30. The third-order valence-corrected chi connectivity index (χ3v) is 4.90. The summed E-state index contributed by atoms with van der Waals surface area (Å²) in [6.07, 6.45) is 1.54. The van der Waals surface area contributed by atoms with Crippen molar-refractivity contribution in [2.24, 2.45) is 0 Å². The van der Waals surface area contributed by atoms with E-state index >= 15 is 0 Å². The molecule has 1 aromatic heterocycles. The number of hydrogen-bond acceptors (Lipinski definition) is 3. The lowest BCUT2D eigenvalue weighted by Gasteiger charge is -2.12. The number of aromatic nitrogens is 1. The molecule has 1 amide bonds. The van der Waals surface area contributed by atoms with Crippen LogP contribution in [-0.2, 0) is 11.4 Å². The lowest BCUT2D eigenvalue weighted by atomic mass is 10.1. The Morgan fingerprint density at radius 1 is 1.10 bits per heavy atom. The zero-order chi connectivity index (χ0) is 20.8. The van der Waals surface area contributed by atoms with Gasteiger partial charge in [-0.15, -0.1) is 0 Å². The van der Waals surface area contributed by atoms with Gasteiger partial charge in [-0.2, -0.15) is 5.26 Å². The highest BCUT2D eigenvalue weighted by Gasteiger charge is 2.13. The fourth-order valence-electron chi connectivity index (χ4n) is 2.78. The van der Waals surface area contributed by atoms with Gasteiger partial charge in [0.25, 0.3) is 5.91 Å². The van der Waals surface area contributed by atoms with Crippen LogP contribution >= 0.6 is 15.9 Å². The maximum Gasteiger partial charge on any atom is 0.280 e. The van der Waals surface area contributed by atoms with E-state index in [1.807, 2.05) is 80.6 Å². The van der Waals surface area contributed by atoms with E-state index in [9.17, 15) is 10.1 Å². The molecule has 29 heavy (non-hydrogen) atoms. The quantitative estimate of drug-likeness (QED) is 0.419. The molecule has 1 heterocycles. The smallest absolute Gasteiger partial charge is 0.280 e. The highest BCUT2D eigenvalue weighted by atomic mass is 79.9. The fraction of sp³-hybridized carbons (Fsp3) is 0.130. The van der Waals surface area contributed by atoms with Crippen LogP contribution in [0.15, 0.2) is 70.7 Å². The summed E-state index contributed by atoms with van der Waals surface area (Å²) in [6.45, 7) is 4.15. The first-order valence-corrected chi connectivity index (χ1v) is 9.81. The minimum absolute atomic E-state index is 0.00260. The van der Waals surface area contributed by atoms with Gasteiger partial charge in [-0.1, -0.05) is 46.3 Å². The number of carbonyl (C=O) groups excluding carboxylic acids is 1. The van der Waals surface area contributed by atoms with E-state index in [4.69, 9.17) is 4.74 Å². The van der Waals surface area contributed by atoms with Crippen LogP contribution in [0.2, 0.25) is 0 Å². The normalized spacial score (nSPS) is 11.0. The topological polar surface area (TPSA) is 67.0 Å². The van der Waals surface area contributed by atoms with Gasteiger partial charge in [0.05, 0.1) is 0 Å². The Balaban J connectivity index is 1.79. The van der Waals surface area contributed by atoms with Crippen LogP contribution in [-0.4, -0.2) is 10.6 Å². The molecule has 0 saturated heterocycles. The highest BCUT2D eigenvalue weighted by molar-refractivity contribution is 9.10. The number of benzene rings is 2. The number of carbonyl (C=O) groups is 1. The minimum Gasteiger partial charge on any atom is -0.488 e. The second-order valence-corrected chi connectivity index (χ2v) is 7.43. The number of nitriles is 1. The summed E-state index contributed by atoms with van der Waals surface area (Å²) in [5.74, 6) is 0.127. The van der Waals surface area contributed by atoms with Crippen molar-refractivity contribution in [3.05, 3.63) is 93.2 Å². The molecule has 6 heteroatoms. The van der Waals surface area contributed by atoms with Crippen molar-refractivity contribution in [1.29, 1.82) is 5.26 Å². The monoisotopic (exact) mass is 449 g/mol. The molecule has 2 aromatic carbocycles. The Bertz CT molecular complexity index is 1070. The number of ether oxygens (including phenoxy) is 1. The van der Waals surface area contributed by atoms with Crippen LogP contribution in [0.3, 0.4) is 0 Å². The molecule has 1 N–H and O–H groups in total. The molecule has 3 aromatic rings. The Morgan fingerprint density at radius 3 is 2.41 bits per heavy atom. The summed E-state index contributed by atoms with van der Waals surface area (Å²) < 4.78 is 8.58. The molecule has 3 rings (SSSR count). The molecule has 0 atom stereocenters. The number of halogens is 1. The van der Waals surface area contributed by atoms with Crippen molar-refractivity contribution in [2.45, 2.75) is 20.5 Å².